The van der Waals surface area contributed by atoms with E-state index in [1.807, 2.05) is 0 Å². The zero-order chi connectivity index (χ0) is 26.1. The first-order valence-electron chi connectivity index (χ1n) is 9.32. The highest BCUT2D eigenvalue weighted by Gasteiger charge is 2.34. The van der Waals surface area contributed by atoms with Crippen LogP contribution in [0.5, 0.6) is 11.5 Å². The molecule has 6 nitrogen and oxygen atoms in total. The molecule has 1 N–H and O–H groups in total. The molecule has 184 valence electrons. The first kappa shape index (κ1) is 26.6. The zero-order valence-corrected chi connectivity index (χ0v) is 20.0. The van der Waals surface area contributed by atoms with Crippen molar-refractivity contribution in [2.24, 2.45) is 4.99 Å². The second-order valence-electron chi connectivity index (χ2n) is 6.91. The average molecular weight is 551 g/mol. The second-order valence-corrected chi connectivity index (χ2v) is 9.05. The van der Waals surface area contributed by atoms with E-state index in [0.29, 0.717) is 24.6 Å². The van der Waals surface area contributed by atoms with Crippen molar-refractivity contribution in [2.75, 3.05) is 7.11 Å². The molecule has 3 rings (SSSR count). The molecule has 0 saturated heterocycles. The molecule has 1 heterocycles. The first-order chi connectivity index (χ1) is 16.2. The Labute approximate surface area is 209 Å². The van der Waals surface area contributed by atoms with E-state index in [4.69, 9.17) is 27.9 Å². The number of phenolic OH excluding ortho intramolecular Hbond substituents is 1. The predicted molar refractivity (Wildman–Crippen MR) is 122 cm³/mol. The van der Waals surface area contributed by atoms with Gasteiger partial charge in [0.05, 0.1) is 27.6 Å². The number of thioether (sulfide) groups is 1. The molecule has 1 aromatic heterocycles. The summed E-state index contributed by atoms with van der Waals surface area (Å²) in [5.74, 6) is -0.390. The van der Waals surface area contributed by atoms with E-state index in [1.165, 1.54) is 31.5 Å². The number of hydrogen-bond donors (Lipinski definition) is 1. The number of aromatic nitrogens is 2. The van der Waals surface area contributed by atoms with Crippen LogP contribution in [0.3, 0.4) is 0 Å². The maximum atomic E-state index is 13.9. The largest absolute Gasteiger partial charge is 0.504 e. The van der Waals surface area contributed by atoms with Gasteiger partial charge in [0.15, 0.2) is 23.0 Å². The molecule has 0 aliphatic carbocycles. The molecule has 0 fully saturated rings. The van der Waals surface area contributed by atoms with Crippen LogP contribution in [0.25, 0.3) is 5.69 Å². The van der Waals surface area contributed by atoms with Crippen molar-refractivity contribution in [2.45, 2.75) is 23.3 Å². The number of aromatic hydroxyl groups is 1. The molecule has 0 radical (unpaired) electrons. The summed E-state index contributed by atoms with van der Waals surface area (Å²) >= 11 is 12.1. The van der Waals surface area contributed by atoms with Crippen LogP contribution in [0.15, 0.2) is 40.2 Å². The summed E-state index contributed by atoms with van der Waals surface area (Å²) in [7, 11) is 1.32. The number of aliphatic imine (C=N–C) groups is 1. The molecule has 3 aromatic rings. The predicted octanol–water partition coefficient (Wildman–Crippen LogP) is 7.24. The Morgan fingerprint density at radius 3 is 2.31 bits per heavy atom. The number of phenols is 1. The van der Waals surface area contributed by atoms with Gasteiger partial charge >= 0.3 is 6.18 Å². The van der Waals surface area contributed by atoms with Gasteiger partial charge in [0.25, 0.3) is 5.25 Å². The Kier molecular flexibility index (Phi) is 7.54. The highest BCUT2D eigenvalue weighted by atomic mass is 35.5. The van der Waals surface area contributed by atoms with Gasteiger partial charge in [-0.3, -0.25) is 0 Å². The van der Waals surface area contributed by atoms with Crippen LogP contribution in [0.1, 0.15) is 23.7 Å². The summed E-state index contributed by atoms with van der Waals surface area (Å²) < 4.78 is 73.1. The maximum absolute atomic E-state index is 13.9. The van der Waals surface area contributed by atoms with Crippen LogP contribution in [0, 0.1) is 11.3 Å². The minimum atomic E-state index is -4.75. The fourth-order valence-corrected chi connectivity index (χ4v) is 4.27. The van der Waals surface area contributed by atoms with Gasteiger partial charge in [0.2, 0.25) is 0 Å². The molecule has 0 saturated carbocycles. The Morgan fingerprint density at radius 2 is 1.80 bits per heavy atom. The molecule has 35 heavy (non-hydrogen) atoms. The van der Waals surface area contributed by atoms with Crippen molar-refractivity contribution in [1.29, 1.82) is 5.26 Å². The number of benzene rings is 2. The summed E-state index contributed by atoms with van der Waals surface area (Å²) in [6.45, 7) is 0.590. The summed E-state index contributed by atoms with van der Waals surface area (Å²) in [4.78, 5) is 3.80. The molecular formula is C21H13Cl2F5N4O2S. The van der Waals surface area contributed by atoms with E-state index < -0.39 is 32.7 Å². The third-order valence-corrected chi connectivity index (χ3v) is 5.82. The van der Waals surface area contributed by atoms with E-state index in [1.54, 1.807) is 6.07 Å². The maximum Gasteiger partial charge on any atom is 0.416 e. The quantitative estimate of drug-likeness (QED) is 0.198. The van der Waals surface area contributed by atoms with Crippen molar-refractivity contribution in [3.05, 3.63) is 57.2 Å². The minimum absolute atomic E-state index is 0.0253. The molecule has 2 aromatic carbocycles. The van der Waals surface area contributed by atoms with Crippen LogP contribution in [-0.4, -0.2) is 33.5 Å². The van der Waals surface area contributed by atoms with Gasteiger partial charge in [-0.25, -0.2) is 9.67 Å². The smallest absolute Gasteiger partial charge is 0.416 e. The second kappa shape index (κ2) is 9.93. The Hall–Kier alpha value is -3.01. The van der Waals surface area contributed by atoms with Crippen LogP contribution >= 0.6 is 35.0 Å². The molecule has 0 unspecified atom stereocenters. The molecule has 0 atom stereocenters. The molecule has 0 aliphatic heterocycles. The normalized spacial score (nSPS) is 12.2. The number of alkyl halides is 5. The first-order valence-corrected chi connectivity index (χ1v) is 10.9. The topological polar surface area (TPSA) is 83.4 Å². The summed E-state index contributed by atoms with van der Waals surface area (Å²) in [5, 5.41) is 18.8. The number of halogens is 7. The average Bonchev–Trinajstić information content (AvgIpc) is 3.07. The van der Waals surface area contributed by atoms with Gasteiger partial charge in [-0.2, -0.15) is 32.3 Å². The standard InChI is InChI=1S/C21H13Cl2F5N4O2S/c1-20(24,25)35-18-14(8-29)31-32(17-12(22)6-11(7-13(17)23)21(26,27)28)19(18)30-9-10-3-4-15(33)16(5-10)34-2/h3-7,9,33H,1-2H3. The Balaban J connectivity index is 2.26. The van der Waals surface area contributed by atoms with Crippen LogP contribution < -0.4 is 4.74 Å². The highest BCUT2D eigenvalue weighted by molar-refractivity contribution is 8.00. The molecule has 0 bridgehead atoms. The number of ether oxygens (including phenoxy) is 1. The Bertz CT molecular complexity index is 1320. The SMILES string of the molecule is COc1cc(C=Nc2c(SC(C)(F)F)c(C#N)nn2-c2c(Cl)cc(C(F)(F)F)cc2Cl)ccc1O. The molecule has 14 heteroatoms. The van der Waals surface area contributed by atoms with Crippen LogP contribution in [-0.2, 0) is 6.18 Å². The van der Waals surface area contributed by atoms with Crippen molar-refractivity contribution in [3.63, 3.8) is 0 Å². The number of hydrogen-bond acceptors (Lipinski definition) is 6. The third kappa shape index (κ3) is 5.98. The van der Waals surface area contributed by atoms with E-state index in [-0.39, 0.29) is 39.7 Å². The minimum Gasteiger partial charge on any atom is -0.504 e. The lowest BCUT2D eigenvalue weighted by atomic mass is 10.2. The van der Waals surface area contributed by atoms with Crippen molar-refractivity contribution in [3.8, 4) is 23.3 Å². The molecular weight excluding hydrogens is 538 g/mol. The number of methoxy groups -OCH3 is 1. The summed E-state index contributed by atoms with van der Waals surface area (Å²) in [6, 6.07) is 6.99. The number of nitrogens with zero attached hydrogens (tertiary/aromatic N) is 4. The summed E-state index contributed by atoms with van der Waals surface area (Å²) in [5.41, 5.74) is -1.55. The molecule has 0 aliphatic rings. The summed E-state index contributed by atoms with van der Waals surface area (Å²) in [6.07, 6.45) is -3.56. The Morgan fingerprint density at radius 1 is 1.17 bits per heavy atom. The van der Waals surface area contributed by atoms with Gasteiger partial charge in [-0.15, -0.1) is 0 Å². The molecule has 0 amide bonds. The number of nitriles is 1. The van der Waals surface area contributed by atoms with E-state index in [2.05, 4.69) is 10.1 Å². The lowest BCUT2D eigenvalue weighted by Gasteiger charge is -2.14. The fourth-order valence-electron chi connectivity index (χ4n) is 2.85. The third-order valence-electron chi connectivity index (χ3n) is 4.30. The zero-order valence-electron chi connectivity index (χ0n) is 17.7. The van der Waals surface area contributed by atoms with Gasteiger partial charge in [0, 0.05) is 13.1 Å². The van der Waals surface area contributed by atoms with Crippen LogP contribution in [0.4, 0.5) is 27.8 Å². The molecule has 0 spiro atoms. The van der Waals surface area contributed by atoms with E-state index in [9.17, 15) is 32.3 Å². The monoisotopic (exact) mass is 550 g/mol. The lowest BCUT2D eigenvalue weighted by Crippen LogP contribution is -2.07. The van der Waals surface area contributed by atoms with E-state index in [0.717, 1.165) is 4.68 Å². The van der Waals surface area contributed by atoms with Crippen LogP contribution in [0.2, 0.25) is 10.0 Å². The highest BCUT2D eigenvalue weighted by Crippen LogP contribution is 2.45. The van der Waals surface area contributed by atoms with Crippen molar-refractivity contribution < 1.29 is 31.8 Å². The van der Waals surface area contributed by atoms with Crippen molar-refractivity contribution in [1.82, 2.24) is 9.78 Å². The van der Waals surface area contributed by atoms with Crippen molar-refractivity contribution >= 4 is 47.0 Å². The van der Waals surface area contributed by atoms with Gasteiger partial charge < -0.3 is 9.84 Å². The van der Waals surface area contributed by atoms with Gasteiger partial charge in [0.1, 0.15) is 11.8 Å². The fraction of sp³-hybridized carbons (Fsp3) is 0.190. The lowest BCUT2D eigenvalue weighted by molar-refractivity contribution is -0.137. The number of rotatable bonds is 6. The van der Waals surface area contributed by atoms with E-state index >= 15 is 0 Å². The van der Waals surface area contributed by atoms with Gasteiger partial charge in [-0.1, -0.05) is 23.2 Å². The van der Waals surface area contributed by atoms with Gasteiger partial charge in [-0.05, 0) is 47.7 Å².